The Labute approximate surface area is 105 Å². The molecular formula is C12H15N5O. The van der Waals surface area contributed by atoms with E-state index in [0.29, 0.717) is 5.69 Å². The minimum absolute atomic E-state index is 0.215. The average Bonchev–Trinajstić information content (AvgIpc) is 2.75. The van der Waals surface area contributed by atoms with Crippen molar-refractivity contribution in [1.82, 2.24) is 14.8 Å². The summed E-state index contributed by atoms with van der Waals surface area (Å²) in [6.45, 7) is 3.50. The number of carbonyl (C=O) groups is 1. The predicted octanol–water partition coefficient (Wildman–Crippen LogP) is 0.861. The number of nitrogens with two attached hydrogens (primary N) is 1. The van der Waals surface area contributed by atoms with Crippen LogP contribution in [0.5, 0.6) is 0 Å². The quantitative estimate of drug-likeness (QED) is 0.839. The van der Waals surface area contributed by atoms with E-state index in [1.165, 1.54) is 0 Å². The number of hydrogen-bond donors (Lipinski definition) is 2. The monoisotopic (exact) mass is 245 g/mol. The van der Waals surface area contributed by atoms with E-state index >= 15 is 0 Å². The fraction of sp³-hybridized carbons (Fsp3) is 0.250. The number of aryl methyl sites for hydroxylation is 1. The first-order chi connectivity index (χ1) is 8.58. The van der Waals surface area contributed by atoms with Crippen LogP contribution in [0, 0.1) is 6.92 Å². The first-order valence-corrected chi connectivity index (χ1v) is 5.61. The fourth-order valence-corrected chi connectivity index (χ4v) is 1.54. The van der Waals surface area contributed by atoms with Gasteiger partial charge in [0.1, 0.15) is 12.2 Å². The molecular weight excluding hydrogens is 230 g/mol. The summed E-state index contributed by atoms with van der Waals surface area (Å²) in [5.74, 6) is 0.568. The van der Waals surface area contributed by atoms with Crippen LogP contribution >= 0.6 is 0 Å². The third-order valence-electron chi connectivity index (χ3n) is 2.52. The molecule has 0 saturated heterocycles. The fourth-order valence-electron chi connectivity index (χ4n) is 1.54. The van der Waals surface area contributed by atoms with Gasteiger partial charge in [-0.3, -0.25) is 9.36 Å². The first kappa shape index (κ1) is 12.3. The predicted molar refractivity (Wildman–Crippen MR) is 68.4 cm³/mol. The maximum atomic E-state index is 11.5. The maximum absolute atomic E-state index is 11.5. The Morgan fingerprint density at radius 1 is 1.50 bits per heavy atom. The van der Waals surface area contributed by atoms with Gasteiger partial charge in [-0.2, -0.15) is 0 Å². The Bertz CT molecular complexity index is 561. The Balaban J connectivity index is 2.26. The highest BCUT2D eigenvalue weighted by atomic mass is 16.2. The van der Waals surface area contributed by atoms with Gasteiger partial charge in [0.05, 0.1) is 11.7 Å². The van der Waals surface area contributed by atoms with Crippen molar-refractivity contribution in [1.29, 1.82) is 0 Å². The molecule has 1 atom stereocenters. The molecule has 6 heteroatoms. The lowest BCUT2D eigenvalue weighted by Crippen LogP contribution is -2.32. The van der Waals surface area contributed by atoms with Gasteiger partial charge in [-0.25, -0.2) is 0 Å². The number of benzene rings is 1. The van der Waals surface area contributed by atoms with Crippen molar-refractivity contribution in [2.24, 2.45) is 5.73 Å². The highest BCUT2D eigenvalue weighted by Crippen LogP contribution is 2.15. The van der Waals surface area contributed by atoms with Crippen LogP contribution in [0.1, 0.15) is 12.7 Å². The van der Waals surface area contributed by atoms with E-state index in [1.807, 2.05) is 35.8 Å². The van der Waals surface area contributed by atoms with Gasteiger partial charge in [-0.05, 0) is 32.0 Å². The van der Waals surface area contributed by atoms with Gasteiger partial charge in [-0.1, -0.05) is 6.07 Å². The summed E-state index contributed by atoms with van der Waals surface area (Å²) in [6.07, 6.45) is 1.63. The summed E-state index contributed by atoms with van der Waals surface area (Å²) < 4.78 is 1.83. The summed E-state index contributed by atoms with van der Waals surface area (Å²) in [6, 6.07) is 6.88. The van der Waals surface area contributed by atoms with E-state index in [-0.39, 0.29) is 5.91 Å². The zero-order valence-corrected chi connectivity index (χ0v) is 10.3. The normalized spacial score (nSPS) is 12.2. The van der Waals surface area contributed by atoms with E-state index in [4.69, 9.17) is 5.73 Å². The molecule has 0 aliphatic heterocycles. The molecule has 1 aromatic carbocycles. The van der Waals surface area contributed by atoms with E-state index < -0.39 is 6.04 Å². The number of amides is 1. The molecule has 0 aliphatic carbocycles. The van der Waals surface area contributed by atoms with Gasteiger partial charge >= 0.3 is 0 Å². The molecule has 0 bridgehead atoms. The zero-order valence-electron chi connectivity index (χ0n) is 10.3. The van der Waals surface area contributed by atoms with Crippen molar-refractivity contribution in [3.05, 3.63) is 36.4 Å². The molecule has 18 heavy (non-hydrogen) atoms. The largest absolute Gasteiger partial charge is 0.325 e. The average molecular weight is 245 g/mol. The maximum Gasteiger partial charge on any atom is 0.240 e. The van der Waals surface area contributed by atoms with Crippen LogP contribution in [0.15, 0.2) is 30.6 Å². The molecule has 0 saturated carbocycles. The van der Waals surface area contributed by atoms with Crippen LogP contribution in [0.3, 0.4) is 0 Å². The lowest BCUT2D eigenvalue weighted by Gasteiger charge is -2.10. The van der Waals surface area contributed by atoms with Gasteiger partial charge in [0.2, 0.25) is 5.91 Å². The summed E-state index contributed by atoms with van der Waals surface area (Å²) in [7, 11) is 0. The molecule has 1 heterocycles. The minimum atomic E-state index is -0.537. The number of anilines is 1. The van der Waals surface area contributed by atoms with Gasteiger partial charge in [0.25, 0.3) is 0 Å². The van der Waals surface area contributed by atoms with Crippen molar-refractivity contribution < 1.29 is 4.79 Å². The number of carbonyl (C=O) groups excluding carboxylic acids is 1. The third-order valence-corrected chi connectivity index (χ3v) is 2.52. The minimum Gasteiger partial charge on any atom is -0.325 e. The number of nitrogens with zero attached hydrogens (tertiary/aromatic N) is 3. The Hall–Kier alpha value is -2.21. The highest BCUT2D eigenvalue weighted by Gasteiger charge is 2.08. The molecule has 6 nitrogen and oxygen atoms in total. The van der Waals surface area contributed by atoms with E-state index in [2.05, 4.69) is 15.5 Å². The topological polar surface area (TPSA) is 85.8 Å². The summed E-state index contributed by atoms with van der Waals surface area (Å²) in [5, 5.41) is 10.5. The van der Waals surface area contributed by atoms with E-state index in [9.17, 15) is 4.79 Å². The Morgan fingerprint density at radius 3 is 2.89 bits per heavy atom. The van der Waals surface area contributed by atoms with Crippen LogP contribution in [-0.2, 0) is 4.79 Å². The SMILES string of the molecule is Cc1nncn1-c1cccc(NC(=O)[C@@H](C)N)c1. The molecule has 0 radical (unpaired) electrons. The molecule has 1 aromatic heterocycles. The smallest absolute Gasteiger partial charge is 0.240 e. The van der Waals surface area contributed by atoms with E-state index in [1.54, 1.807) is 13.3 Å². The van der Waals surface area contributed by atoms with Crippen molar-refractivity contribution >= 4 is 11.6 Å². The Kier molecular flexibility index (Phi) is 3.38. The third kappa shape index (κ3) is 2.54. The second-order valence-corrected chi connectivity index (χ2v) is 4.08. The summed E-state index contributed by atoms with van der Waals surface area (Å²) >= 11 is 0. The second-order valence-electron chi connectivity index (χ2n) is 4.08. The molecule has 94 valence electrons. The van der Waals surface area contributed by atoms with Gasteiger partial charge in [0, 0.05) is 5.69 Å². The van der Waals surface area contributed by atoms with Crippen LogP contribution in [0.4, 0.5) is 5.69 Å². The van der Waals surface area contributed by atoms with Crippen LogP contribution < -0.4 is 11.1 Å². The molecule has 0 aliphatic rings. The number of nitrogens with one attached hydrogen (secondary N) is 1. The number of rotatable bonds is 3. The van der Waals surface area contributed by atoms with Crippen LogP contribution in [0.2, 0.25) is 0 Å². The van der Waals surface area contributed by atoms with Crippen LogP contribution in [-0.4, -0.2) is 26.7 Å². The zero-order chi connectivity index (χ0) is 13.1. The van der Waals surface area contributed by atoms with Crippen molar-refractivity contribution in [3.63, 3.8) is 0 Å². The van der Waals surface area contributed by atoms with Crippen LogP contribution in [0.25, 0.3) is 5.69 Å². The lowest BCUT2D eigenvalue weighted by atomic mass is 10.2. The van der Waals surface area contributed by atoms with Gasteiger partial charge in [0.15, 0.2) is 0 Å². The molecule has 0 spiro atoms. The molecule has 3 N–H and O–H groups in total. The van der Waals surface area contributed by atoms with Gasteiger partial charge in [-0.15, -0.1) is 10.2 Å². The van der Waals surface area contributed by atoms with Gasteiger partial charge < -0.3 is 11.1 Å². The number of aromatic nitrogens is 3. The molecule has 2 rings (SSSR count). The lowest BCUT2D eigenvalue weighted by molar-refractivity contribution is -0.117. The van der Waals surface area contributed by atoms with E-state index in [0.717, 1.165) is 11.5 Å². The Morgan fingerprint density at radius 2 is 2.28 bits per heavy atom. The number of hydrogen-bond acceptors (Lipinski definition) is 4. The van der Waals surface area contributed by atoms with Crippen molar-refractivity contribution in [2.45, 2.75) is 19.9 Å². The summed E-state index contributed by atoms with van der Waals surface area (Å²) in [4.78, 5) is 11.5. The molecule has 0 unspecified atom stereocenters. The molecule has 2 aromatic rings. The summed E-state index contributed by atoms with van der Waals surface area (Å²) in [5.41, 5.74) is 7.09. The first-order valence-electron chi connectivity index (χ1n) is 5.61. The van der Waals surface area contributed by atoms with Crippen molar-refractivity contribution in [2.75, 3.05) is 5.32 Å². The highest BCUT2D eigenvalue weighted by molar-refractivity contribution is 5.94. The van der Waals surface area contributed by atoms with Crippen molar-refractivity contribution in [3.8, 4) is 5.69 Å². The molecule has 0 fully saturated rings. The molecule has 1 amide bonds. The standard InChI is InChI=1S/C12H15N5O/c1-8(13)12(18)15-10-4-3-5-11(6-10)17-7-14-16-9(17)2/h3-8H,13H2,1-2H3,(H,15,18)/t8-/m1/s1. The second kappa shape index (κ2) is 4.97.